The highest BCUT2D eigenvalue weighted by atomic mass is 127. The molecule has 0 aliphatic rings. The lowest BCUT2D eigenvalue weighted by atomic mass is 10.1. The van der Waals surface area contributed by atoms with E-state index >= 15 is 0 Å². The van der Waals surface area contributed by atoms with Gasteiger partial charge in [-0.1, -0.05) is 12.1 Å². The molecular weight excluding hydrogens is 501 g/mol. The number of nitrogens with one attached hydrogen (secondary N) is 2. The zero-order chi connectivity index (χ0) is 20.9. The topological polar surface area (TPSA) is 88.4 Å². The number of aromatic nitrogens is 2. The van der Waals surface area contributed by atoms with E-state index in [9.17, 15) is 8.42 Å². The van der Waals surface area contributed by atoms with Crippen molar-refractivity contribution < 1.29 is 8.42 Å². The fourth-order valence-corrected chi connectivity index (χ4v) is 4.18. The second kappa shape index (κ2) is 11.0. The summed E-state index contributed by atoms with van der Waals surface area (Å²) in [6.45, 7) is 9.95. The van der Waals surface area contributed by atoms with Gasteiger partial charge in [-0.3, -0.25) is 4.68 Å². The molecule has 1 aromatic heterocycles. The minimum atomic E-state index is -3.20. The van der Waals surface area contributed by atoms with Crippen LogP contribution in [0.4, 0.5) is 0 Å². The normalized spacial score (nSPS) is 11.9. The molecule has 1 heterocycles. The van der Waals surface area contributed by atoms with Gasteiger partial charge in [0.25, 0.3) is 0 Å². The molecule has 0 aliphatic heterocycles. The van der Waals surface area contributed by atoms with Crippen LogP contribution in [-0.4, -0.2) is 43.5 Å². The van der Waals surface area contributed by atoms with E-state index in [-0.39, 0.29) is 24.0 Å². The molecular formula is C20H32IN5O2S. The number of nitrogens with zero attached hydrogens (tertiary/aromatic N) is 3. The van der Waals surface area contributed by atoms with E-state index in [2.05, 4.69) is 27.6 Å². The minimum Gasteiger partial charge on any atom is -0.357 e. The van der Waals surface area contributed by atoms with Crippen LogP contribution in [0.5, 0.6) is 0 Å². The molecule has 1 aromatic carbocycles. The predicted molar refractivity (Wildman–Crippen MR) is 129 cm³/mol. The lowest BCUT2D eigenvalue weighted by molar-refractivity contribution is 0.601. The van der Waals surface area contributed by atoms with Crippen LogP contribution in [-0.2, 0) is 29.9 Å². The summed E-state index contributed by atoms with van der Waals surface area (Å²) >= 11 is 0. The molecule has 0 unspecified atom stereocenters. The molecule has 7 nitrogen and oxygen atoms in total. The Balaban J connectivity index is 0.00000420. The van der Waals surface area contributed by atoms with Gasteiger partial charge in [0.15, 0.2) is 15.8 Å². The van der Waals surface area contributed by atoms with Gasteiger partial charge in [-0.25, -0.2) is 13.4 Å². The van der Waals surface area contributed by atoms with Gasteiger partial charge >= 0.3 is 0 Å². The van der Waals surface area contributed by atoms with Gasteiger partial charge in [0.05, 0.1) is 17.1 Å². The van der Waals surface area contributed by atoms with Gasteiger partial charge in [-0.05, 0) is 56.9 Å². The number of sulfone groups is 1. The number of aliphatic imine (C=N–C) groups is 1. The Hall–Kier alpha value is -1.62. The van der Waals surface area contributed by atoms with E-state index in [1.165, 1.54) is 17.5 Å². The van der Waals surface area contributed by atoms with Crippen LogP contribution in [0.2, 0.25) is 0 Å². The summed E-state index contributed by atoms with van der Waals surface area (Å²) < 4.78 is 25.4. The fraction of sp³-hybridized carbons (Fsp3) is 0.500. The second-order valence-corrected chi connectivity index (χ2v) is 9.00. The SMILES string of the molecule is CCNC(=NCc1ccc(S(C)(=O)=O)c(C)c1)NCCc1c(C)nn(C)c1C.I. The molecule has 2 N–H and O–H groups in total. The predicted octanol–water partition coefficient (Wildman–Crippen LogP) is 2.66. The number of benzene rings is 1. The Morgan fingerprint density at radius 3 is 2.41 bits per heavy atom. The van der Waals surface area contributed by atoms with Gasteiger partial charge in [0.2, 0.25) is 0 Å². The Bertz CT molecular complexity index is 967. The minimum absolute atomic E-state index is 0. The lowest BCUT2D eigenvalue weighted by Gasteiger charge is -2.12. The lowest BCUT2D eigenvalue weighted by Crippen LogP contribution is -2.38. The molecule has 9 heteroatoms. The quantitative estimate of drug-likeness (QED) is 0.325. The van der Waals surface area contributed by atoms with Gasteiger partial charge in [-0.15, -0.1) is 24.0 Å². The van der Waals surface area contributed by atoms with Crippen molar-refractivity contribution in [1.29, 1.82) is 0 Å². The first kappa shape index (κ1) is 25.4. The summed E-state index contributed by atoms with van der Waals surface area (Å²) in [5.41, 5.74) is 5.22. The number of guanidine groups is 1. The summed E-state index contributed by atoms with van der Waals surface area (Å²) in [6.07, 6.45) is 2.10. The third-order valence-electron chi connectivity index (χ3n) is 4.73. The maximum Gasteiger partial charge on any atom is 0.191 e. The number of hydrogen-bond donors (Lipinski definition) is 2. The third-order valence-corrected chi connectivity index (χ3v) is 5.99. The number of rotatable bonds is 7. The van der Waals surface area contributed by atoms with Crippen molar-refractivity contribution in [2.45, 2.75) is 45.6 Å². The molecule has 162 valence electrons. The summed E-state index contributed by atoms with van der Waals surface area (Å²) in [5.74, 6) is 0.742. The van der Waals surface area contributed by atoms with Crippen LogP contribution < -0.4 is 10.6 Å². The molecule has 0 amide bonds. The highest BCUT2D eigenvalue weighted by Crippen LogP contribution is 2.17. The van der Waals surface area contributed by atoms with Crippen molar-refractivity contribution in [2.24, 2.45) is 12.0 Å². The highest BCUT2D eigenvalue weighted by molar-refractivity contribution is 14.0. The van der Waals surface area contributed by atoms with Crippen LogP contribution in [0.15, 0.2) is 28.1 Å². The number of aryl methyl sites for hydroxylation is 3. The van der Waals surface area contributed by atoms with Gasteiger partial charge in [-0.2, -0.15) is 5.10 Å². The van der Waals surface area contributed by atoms with Crippen LogP contribution in [0.25, 0.3) is 0 Å². The van der Waals surface area contributed by atoms with Crippen molar-refractivity contribution in [2.75, 3.05) is 19.3 Å². The molecule has 0 radical (unpaired) electrons. The van der Waals surface area contributed by atoms with Crippen molar-refractivity contribution in [3.63, 3.8) is 0 Å². The highest BCUT2D eigenvalue weighted by Gasteiger charge is 2.11. The molecule has 0 bridgehead atoms. The van der Waals surface area contributed by atoms with Crippen molar-refractivity contribution in [1.82, 2.24) is 20.4 Å². The zero-order valence-corrected chi connectivity index (χ0v) is 21.2. The number of hydrogen-bond acceptors (Lipinski definition) is 4. The van der Waals surface area contributed by atoms with E-state index < -0.39 is 9.84 Å². The molecule has 0 saturated heterocycles. The second-order valence-electron chi connectivity index (χ2n) is 7.02. The van der Waals surface area contributed by atoms with E-state index in [4.69, 9.17) is 0 Å². The maximum atomic E-state index is 11.7. The van der Waals surface area contributed by atoms with Crippen LogP contribution in [0.1, 0.15) is 35.0 Å². The first-order valence-electron chi connectivity index (χ1n) is 9.44. The first-order valence-corrected chi connectivity index (χ1v) is 11.3. The standard InChI is InChI=1S/C20H31N5O2S.HI/c1-7-21-20(22-11-10-18-15(3)24-25(5)16(18)4)23-13-17-8-9-19(14(2)12-17)28(6,26)27;/h8-9,12H,7,10-11,13H2,1-6H3,(H2,21,22,23);1H. The van der Waals surface area contributed by atoms with Crippen LogP contribution >= 0.6 is 24.0 Å². The first-order chi connectivity index (χ1) is 13.1. The van der Waals surface area contributed by atoms with Crippen LogP contribution in [0.3, 0.4) is 0 Å². The summed E-state index contributed by atoms with van der Waals surface area (Å²) in [5, 5.41) is 11.1. The molecule has 0 aliphatic carbocycles. The fourth-order valence-electron chi connectivity index (χ4n) is 3.22. The summed E-state index contributed by atoms with van der Waals surface area (Å²) in [7, 11) is -1.24. The zero-order valence-electron chi connectivity index (χ0n) is 18.0. The Morgan fingerprint density at radius 1 is 1.21 bits per heavy atom. The maximum absolute atomic E-state index is 11.7. The smallest absolute Gasteiger partial charge is 0.191 e. The third kappa shape index (κ3) is 6.98. The molecule has 0 saturated carbocycles. The van der Waals surface area contributed by atoms with E-state index in [1.54, 1.807) is 6.07 Å². The van der Waals surface area contributed by atoms with Crippen molar-refractivity contribution >= 4 is 39.8 Å². The van der Waals surface area contributed by atoms with E-state index in [0.717, 1.165) is 42.3 Å². The van der Waals surface area contributed by atoms with Crippen molar-refractivity contribution in [3.05, 3.63) is 46.3 Å². The summed E-state index contributed by atoms with van der Waals surface area (Å²) in [6, 6.07) is 5.36. The Labute approximate surface area is 191 Å². The largest absolute Gasteiger partial charge is 0.357 e. The molecule has 2 rings (SSSR count). The average molecular weight is 533 g/mol. The molecule has 0 spiro atoms. The molecule has 29 heavy (non-hydrogen) atoms. The van der Waals surface area contributed by atoms with Gasteiger partial charge in [0.1, 0.15) is 0 Å². The van der Waals surface area contributed by atoms with Gasteiger partial charge in [0, 0.05) is 32.1 Å². The Kier molecular flexibility index (Phi) is 9.60. The molecule has 0 atom stereocenters. The molecule has 0 fully saturated rings. The van der Waals surface area contributed by atoms with Gasteiger partial charge < -0.3 is 10.6 Å². The van der Waals surface area contributed by atoms with E-state index in [1.807, 2.05) is 44.6 Å². The van der Waals surface area contributed by atoms with E-state index in [0.29, 0.717) is 11.4 Å². The summed E-state index contributed by atoms with van der Waals surface area (Å²) in [4.78, 5) is 4.99. The van der Waals surface area contributed by atoms with Crippen LogP contribution in [0, 0.1) is 20.8 Å². The van der Waals surface area contributed by atoms with Crippen molar-refractivity contribution in [3.8, 4) is 0 Å². The molecule has 2 aromatic rings. The average Bonchev–Trinajstić information content (AvgIpc) is 2.84. The monoisotopic (exact) mass is 533 g/mol. The number of halogens is 1. The Morgan fingerprint density at radius 2 is 1.90 bits per heavy atom.